The summed E-state index contributed by atoms with van der Waals surface area (Å²) in [6.07, 6.45) is 10.1. The van der Waals surface area contributed by atoms with Crippen LogP contribution in [0.1, 0.15) is 38.6 Å². The summed E-state index contributed by atoms with van der Waals surface area (Å²) in [4.78, 5) is 17.1. The normalized spacial score (nSPS) is 22.9. The molecular weight excluding hydrogens is 264 g/mol. The van der Waals surface area contributed by atoms with Crippen molar-refractivity contribution in [2.75, 3.05) is 0 Å². The molecule has 0 radical (unpaired) electrons. The molecule has 0 spiro atoms. The zero-order valence-corrected chi connectivity index (χ0v) is 12.1. The molecule has 0 aliphatic heterocycles. The van der Waals surface area contributed by atoms with Gasteiger partial charge in [-0.15, -0.1) is 0 Å². The Kier molecular flexibility index (Phi) is 2.80. The number of hydrogen-bond acceptors (Lipinski definition) is 3. The molecule has 1 aliphatic carbocycles. The van der Waals surface area contributed by atoms with Gasteiger partial charge in [0.25, 0.3) is 5.56 Å². The number of pyridine rings is 1. The highest BCUT2D eigenvalue weighted by Gasteiger charge is 2.24. The van der Waals surface area contributed by atoms with Crippen molar-refractivity contribution in [3.05, 3.63) is 41.1 Å². The average molecular weight is 282 g/mol. The standard InChI is InChI=1S/C16H18N4O/c1-11-4-2-3-5-13(11)19-9-7-14-12(16(19)21)10-17-15-6-8-18-20(14)15/h6-11,13H,2-5H2,1H3/t11-,13+/m0/s1. The molecule has 0 aromatic carbocycles. The maximum atomic E-state index is 12.8. The van der Waals surface area contributed by atoms with Gasteiger partial charge in [-0.25, -0.2) is 9.50 Å². The summed E-state index contributed by atoms with van der Waals surface area (Å²) in [5.41, 5.74) is 1.65. The molecule has 21 heavy (non-hydrogen) atoms. The van der Waals surface area contributed by atoms with Gasteiger partial charge >= 0.3 is 0 Å². The van der Waals surface area contributed by atoms with Crippen LogP contribution < -0.4 is 5.56 Å². The number of nitrogens with zero attached hydrogens (tertiary/aromatic N) is 4. The number of fused-ring (bicyclic) bond motifs is 3. The van der Waals surface area contributed by atoms with Gasteiger partial charge < -0.3 is 4.57 Å². The minimum atomic E-state index is 0.0520. The molecule has 5 heteroatoms. The van der Waals surface area contributed by atoms with E-state index >= 15 is 0 Å². The van der Waals surface area contributed by atoms with Crippen molar-refractivity contribution < 1.29 is 0 Å². The summed E-state index contributed by atoms with van der Waals surface area (Å²) in [7, 11) is 0. The van der Waals surface area contributed by atoms with E-state index in [2.05, 4.69) is 17.0 Å². The number of rotatable bonds is 1. The van der Waals surface area contributed by atoms with Gasteiger partial charge in [0.2, 0.25) is 0 Å². The van der Waals surface area contributed by atoms with Crippen LogP contribution in [-0.4, -0.2) is 19.2 Å². The van der Waals surface area contributed by atoms with Gasteiger partial charge in [0.1, 0.15) is 0 Å². The van der Waals surface area contributed by atoms with Crippen LogP contribution in [-0.2, 0) is 0 Å². The molecule has 2 atom stereocenters. The Morgan fingerprint density at radius 3 is 2.95 bits per heavy atom. The average Bonchev–Trinajstić information content (AvgIpc) is 2.97. The van der Waals surface area contributed by atoms with E-state index < -0.39 is 0 Å². The van der Waals surface area contributed by atoms with Crippen molar-refractivity contribution in [1.82, 2.24) is 19.2 Å². The summed E-state index contributed by atoms with van der Waals surface area (Å²) < 4.78 is 3.63. The van der Waals surface area contributed by atoms with Gasteiger partial charge in [-0.3, -0.25) is 4.79 Å². The number of aromatic nitrogens is 4. The van der Waals surface area contributed by atoms with E-state index in [-0.39, 0.29) is 5.56 Å². The monoisotopic (exact) mass is 282 g/mol. The van der Waals surface area contributed by atoms with Crippen LogP contribution in [0.25, 0.3) is 16.6 Å². The Morgan fingerprint density at radius 2 is 2.10 bits per heavy atom. The fraction of sp³-hybridized carbons (Fsp3) is 0.438. The number of hydrogen-bond donors (Lipinski definition) is 0. The third-order valence-electron chi connectivity index (χ3n) is 4.73. The predicted octanol–water partition coefficient (Wildman–Crippen LogP) is 2.80. The summed E-state index contributed by atoms with van der Waals surface area (Å²) in [6, 6.07) is 4.14. The molecule has 1 fully saturated rings. The van der Waals surface area contributed by atoms with Crippen molar-refractivity contribution in [3.63, 3.8) is 0 Å². The van der Waals surface area contributed by atoms with Gasteiger partial charge in [-0.2, -0.15) is 5.10 Å². The zero-order valence-electron chi connectivity index (χ0n) is 12.1. The highest BCUT2D eigenvalue weighted by Crippen LogP contribution is 2.32. The third-order valence-corrected chi connectivity index (χ3v) is 4.73. The van der Waals surface area contributed by atoms with Crippen LogP contribution in [0.5, 0.6) is 0 Å². The SMILES string of the molecule is C[C@H]1CCCC[C@H]1n1ccc2c(cnc3ccnn32)c1=O. The fourth-order valence-electron chi connectivity index (χ4n) is 3.54. The first-order valence-electron chi connectivity index (χ1n) is 7.59. The van der Waals surface area contributed by atoms with Crippen LogP contribution in [0.3, 0.4) is 0 Å². The molecule has 0 N–H and O–H groups in total. The predicted molar refractivity (Wildman–Crippen MR) is 81.4 cm³/mol. The highest BCUT2D eigenvalue weighted by atomic mass is 16.1. The first-order valence-corrected chi connectivity index (χ1v) is 7.59. The van der Waals surface area contributed by atoms with Crippen LogP contribution >= 0.6 is 0 Å². The molecule has 0 unspecified atom stereocenters. The fourth-order valence-corrected chi connectivity index (χ4v) is 3.54. The zero-order chi connectivity index (χ0) is 14.4. The second-order valence-electron chi connectivity index (χ2n) is 6.02. The summed E-state index contributed by atoms with van der Waals surface area (Å²) in [6.45, 7) is 2.25. The van der Waals surface area contributed by atoms with Crippen molar-refractivity contribution in [3.8, 4) is 0 Å². The molecule has 1 aliphatic rings. The van der Waals surface area contributed by atoms with E-state index in [1.807, 2.05) is 22.9 Å². The smallest absolute Gasteiger partial charge is 0.261 e. The molecule has 3 heterocycles. The lowest BCUT2D eigenvalue weighted by Gasteiger charge is -2.30. The van der Waals surface area contributed by atoms with Crippen LogP contribution in [0.2, 0.25) is 0 Å². The summed E-state index contributed by atoms with van der Waals surface area (Å²) in [5.74, 6) is 0.551. The molecule has 0 amide bonds. The maximum absolute atomic E-state index is 12.8. The lowest BCUT2D eigenvalue weighted by Crippen LogP contribution is -2.30. The van der Waals surface area contributed by atoms with Gasteiger partial charge in [0, 0.05) is 24.5 Å². The van der Waals surface area contributed by atoms with Crippen LogP contribution in [0.4, 0.5) is 0 Å². The van der Waals surface area contributed by atoms with Crippen molar-refractivity contribution in [2.24, 2.45) is 5.92 Å². The topological polar surface area (TPSA) is 52.2 Å². The van der Waals surface area contributed by atoms with Crippen LogP contribution in [0.15, 0.2) is 35.5 Å². The van der Waals surface area contributed by atoms with E-state index in [1.165, 1.54) is 19.3 Å². The molecule has 1 saturated carbocycles. The second-order valence-corrected chi connectivity index (χ2v) is 6.02. The Bertz CT molecular complexity index is 863. The van der Waals surface area contributed by atoms with Crippen molar-refractivity contribution in [1.29, 1.82) is 0 Å². The van der Waals surface area contributed by atoms with E-state index in [0.717, 1.165) is 17.6 Å². The largest absolute Gasteiger partial charge is 0.312 e. The van der Waals surface area contributed by atoms with Crippen molar-refractivity contribution >= 4 is 16.6 Å². The lowest BCUT2D eigenvalue weighted by molar-refractivity contribution is 0.253. The molecular formula is C16H18N4O. The molecule has 3 aromatic rings. The van der Waals surface area contributed by atoms with Gasteiger partial charge in [0.15, 0.2) is 5.65 Å². The Labute approximate surface area is 122 Å². The lowest BCUT2D eigenvalue weighted by atomic mass is 9.85. The van der Waals surface area contributed by atoms with E-state index in [0.29, 0.717) is 17.3 Å². The molecule has 4 rings (SSSR count). The first-order chi connectivity index (χ1) is 10.3. The van der Waals surface area contributed by atoms with Crippen LogP contribution in [0, 0.1) is 5.92 Å². The minimum absolute atomic E-state index is 0.0520. The summed E-state index contributed by atoms with van der Waals surface area (Å²) >= 11 is 0. The highest BCUT2D eigenvalue weighted by molar-refractivity contribution is 5.79. The van der Waals surface area contributed by atoms with Gasteiger partial charge in [0.05, 0.1) is 17.1 Å². The van der Waals surface area contributed by atoms with E-state index in [1.54, 1.807) is 16.9 Å². The van der Waals surface area contributed by atoms with E-state index in [9.17, 15) is 4.79 Å². The molecule has 5 nitrogen and oxygen atoms in total. The molecule has 0 bridgehead atoms. The summed E-state index contributed by atoms with van der Waals surface area (Å²) in [5, 5.41) is 4.90. The minimum Gasteiger partial charge on any atom is -0.312 e. The van der Waals surface area contributed by atoms with E-state index in [4.69, 9.17) is 0 Å². The van der Waals surface area contributed by atoms with Gasteiger partial charge in [-0.05, 0) is 24.8 Å². The van der Waals surface area contributed by atoms with Gasteiger partial charge in [-0.1, -0.05) is 19.8 Å². The molecule has 3 aromatic heterocycles. The molecule has 0 saturated heterocycles. The maximum Gasteiger partial charge on any atom is 0.261 e. The Balaban J connectivity index is 1.93. The van der Waals surface area contributed by atoms with Crippen molar-refractivity contribution in [2.45, 2.75) is 38.6 Å². The molecule has 108 valence electrons. The Hall–Kier alpha value is -2.17. The Morgan fingerprint density at radius 1 is 1.24 bits per heavy atom. The second kappa shape index (κ2) is 4.69. The first kappa shape index (κ1) is 12.6. The quantitative estimate of drug-likeness (QED) is 0.689. The third kappa shape index (κ3) is 1.87.